The third-order valence-corrected chi connectivity index (χ3v) is 3.24. The molecule has 3 nitrogen and oxygen atoms in total. The second-order valence-electron chi connectivity index (χ2n) is 4.80. The summed E-state index contributed by atoms with van der Waals surface area (Å²) in [4.78, 5) is 0. The molecule has 0 radical (unpaired) electrons. The quantitative estimate of drug-likeness (QED) is 0.478. The minimum absolute atomic E-state index is 0.0100. The maximum atomic E-state index is 9.66. The van der Waals surface area contributed by atoms with Crippen LogP contribution in [0.25, 0.3) is 0 Å². The topological polar surface area (TPSA) is 60.7 Å². The average Bonchev–Trinajstić information content (AvgIpc) is 2.55. The molecule has 0 bridgehead atoms. The molecule has 1 fully saturated rings. The number of aliphatic hydroxyl groups is 3. The molecule has 3 N–H and O–H groups in total. The maximum Gasteiger partial charge on any atom is 0.0721 e. The van der Waals surface area contributed by atoms with Gasteiger partial charge in [0.15, 0.2) is 0 Å². The van der Waals surface area contributed by atoms with Gasteiger partial charge in [-0.2, -0.15) is 0 Å². The van der Waals surface area contributed by atoms with E-state index in [0.29, 0.717) is 12.8 Å². The third-order valence-electron chi connectivity index (χ3n) is 3.24. The first-order valence-electron chi connectivity index (χ1n) is 6.36. The summed E-state index contributed by atoms with van der Waals surface area (Å²) in [5.74, 6) is 0.0100. The molecule has 4 atom stereocenters. The number of rotatable bonds is 6. The van der Waals surface area contributed by atoms with Crippen molar-refractivity contribution in [3.63, 3.8) is 0 Å². The van der Waals surface area contributed by atoms with Crippen molar-refractivity contribution >= 4 is 0 Å². The molecule has 16 heavy (non-hydrogen) atoms. The van der Waals surface area contributed by atoms with E-state index < -0.39 is 12.2 Å². The van der Waals surface area contributed by atoms with Gasteiger partial charge >= 0.3 is 0 Å². The zero-order valence-corrected chi connectivity index (χ0v) is 10.0. The lowest BCUT2D eigenvalue weighted by Crippen LogP contribution is -2.11. The lowest BCUT2D eigenvalue weighted by Gasteiger charge is -2.10. The van der Waals surface area contributed by atoms with Crippen LogP contribution in [0.3, 0.4) is 0 Å². The average molecular weight is 228 g/mol. The summed E-state index contributed by atoms with van der Waals surface area (Å²) in [7, 11) is 0. The Balaban J connectivity index is 2.24. The standard InChI is InChI=1S/C13H24O3/c1-2-3-4-5-11(14)7-6-10-8-12(15)9-13(10)16/h6-7,10-16H,2-5,8-9H2,1H3/t10-,11-,12-,13+/m0/s1. The minimum atomic E-state index is -0.450. The summed E-state index contributed by atoms with van der Waals surface area (Å²) in [5.41, 5.74) is 0. The first kappa shape index (κ1) is 13.7. The van der Waals surface area contributed by atoms with E-state index in [1.165, 1.54) is 0 Å². The Kier molecular flexibility index (Phi) is 6.03. The van der Waals surface area contributed by atoms with Gasteiger partial charge in [-0.15, -0.1) is 0 Å². The summed E-state index contributed by atoms with van der Waals surface area (Å²) in [6.07, 6.45) is 7.58. The summed E-state index contributed by atoms with van der Waals surface area (Å²) in [5, 5.41) is 28.6. The fourth-order valence-electron chi connectivity index (χ4n) is 2.20. The first-order valence-corrected chi connectivity index (χ1v) is 6.36. The van der Waals surface area contributed by atoms with Crippen LogP contribution in [0.1, 0.15) is 45.4 Å². The highest BCUT2D eigenvalue weighted by Crippen LogP contribution is 2.27. The van der Waals surface area contributed by atoms with Crippen LogP contribution in [0.2, 0.25) is 0 Å². The fraction of sp³-hybridized carbons (Fsp3) is 0.846. The number of aliphatic hydroxyl groups excluding tert-OH is 3. The van der Waals surface area contributed by atoms with Gasteiger partial charge in [0.1, 0.15) is 0 Å². The summed E-state index contributed by atoms with van der Waals surface area (Å²) < 4.78 is 0. The van der Waals surface area contributed by atoms with E-state index in [2.05, 4.69) is 6.92 Å². The molecule has 0 heterocycles. The summed E-state index contributed by atoms with van der Waals surface area (Å²) >= 11 is 0. The van der Waals surface area contributed by atoms with Crippen molar-refractivity contribution in [2.75, 3.05) is 0 Å². The SMILES string of the molecule is CCCCC[C@H](O)C=C[C@H]1C[C@H](O)C[C@H]1O. The van der Waals surface area contributed by atoms with E-state index in [1.807, 2.05) is 6.08 Å². The van der Waals surface area contributed by atoms with Crippen LogP contribution < -0.4 is 0 Å². The van der Waals surface area contributed by atoms with Crippen molar-refractivity contribution in [1.82, 2.24) is 0 Å². The molecule has 3 heteroatoms. The minimum Gasteiger partial charge on any atom is -0.393 e. The van der Waals surface area contributed by atoms with Crippen molar-refractivity contribution in [3.05, 3.63) is 12.2 Å². The van der Waals surface area contributed by atoms with Gasteiger partial charge in [0.25, 0.3) is 0 Å². The van der Waals surface area contributed by atoms with Crippen LogP contribution in [0.15, 0.2) is 12.2 Å². The van der Waals surface area contributed by atoms with Crippen LogP contribution >= 0.6 is 0 Å². The predicted molar refractivity (Wildman–Crippen MR) is 64.0 cm³/mol. The Morgan fingerprint density at radius 3 is 2.56 bits per heavy atom. The van der Waals surface area contributed by atoms with Crippen LogP contribution in [0.5, 0.6) is 0 Å². The van der Waals surface area contributed by atoms with Gasteiger partial charge in [0.2, 0.25) is 0 Å². The van der Waals surface area contributed by atoms with E-state index in [4.69, 9.17) is 0 Å². The van der Waals surface area contributed by atoms with Crippen LogP contribution in [0, 0.1) is 5.92 Å². The molecular formula is C13H24O3. The van der Waals surface area contributed by atoms with Crippen molar-refractivity contribution in [1.29, 1.82) is 0 Å². The van der Waals surface area contributed by atoms with Gasteiger partial charge < -0.3 is 15.3 Å². The second-order valence-corrected chi connectivity index (χ2v) is 4.80. The molecule has 1 aliphatic rings. The van der Waals surface area contributed by atoms with E-state index in [0.717, 1.165) is 25.7 Å². The maximum absolute atomic E-state index is 9.66. The van der Waals surface area contributed by atoms with E-state index in [1.54, 1.807) is 6.08 Å². The summed E-state index contributed by atoms with van der Waals surface area (Å²) in [6.45, 7) is 2.14. The second kappa shape index (κ2) is 7.05. The molecule has 0 aromatic rings. The van der Waals surface area contributed by atoms with Crippen LogP contribution in [-0.2, 0) is 0 Å². The van der Waals surface area contributed by atoms with E-state index >= 15 is 0 Å². The van der Waals surface area contributed by atoms with Crippen LogP contribution in [-0.4, -0.2) is 33.6 Å². The van der Waals surface area contributed by atoms with E-state index in [9.17, 15) is 15.3 Å². The molecule has 0 amide bonds. The lowest BCUT2D eigenvalue weighted by atomic mass is 10.0. The molecule has 0 aromatic heterocycles. The molecule has 1 aliphatic carbocycles. The monoisotopic (exact) mass is 228 g/mol. The zero-order valence-electron chi connectivity index (χ0n) is 10.0. The first-order chi connectivity index (χ1) is 7.63. The molecule has 0 saturated heterocycles. The number of unbranched alkanes of at least 4 members (excludes halogenated alkanes) is 2. The van der Waals surface area contributed by atoms with Crippen molar-refractivity contribution in [2.45, 2.75) is 63.8 Å². The Morgan fingerprint density at radius 1 is 1.25 bits per heavy atom. The van der Waals surface area contributed by atoms with Crippen LogP contribution in [0.4, 0.5) is 0 Å². The normalized spacial score (nSPS) is 32.4. The molecule has 94 valence electrons. The Bertz CT molecular complexity index is 215. The van der Waals surface area contributed by atoms with E-state index in [-0.39, 0.29) is 12.0 Å². The van der Waals surface area contributed by atoms with Gasteiger partial charge in [-0.3, -0.25) is 0 Å². The molecule has 0 unspecified atom stereocenters. The largest absolute Gasteiger partial charge is 0.393 e. The Labute approximate surface area is 97.8 Å². The number of hydrogen-bond acceptors (Lipinski definition) is 3. The van der Waals surface area contributed by atoms with Gasteiger partial charge in [-0.1, -0.05) is 38.3 Å². The molecule has 1 rings (SSSR count). The van der Waals surface area contributed by atoms with Gasteiger partial charge in [-0.25, -0.2) is 0 Å². The zero-order chi connectivity index (χ0) is 12.0. The molecule has 0 spiro atoms. The predicted octanol–water partition coefficient (Wildman–Crippen LogP) is 1.62. The Hall–Kier alpha value is -0.380. The molecule has 0 aliphatic heterocycles. The van der Waals surface area contributed by atoms with Crippen molar-refractivity contribution in [2.24, 2.45) is 5.92 Å². The van der Waals surface area contributed by atoms with Crippen molar-refractivity contribution in [3.8, 4) is 0 Å². The van der Waals surface area contributed by atoms with Gasteiger partial charge in [-0.05, 0) is 19.3 Å². The van der Waals surface area contributed by atoms with Gasteiger partial charge in [0.05, 0.1) is 18.3 Å². The highest BCUT2D eigenvalue weighted by molar-refractivity contribution is 5.00. The highest BCUT2D eigenvalue weighted by Gasteiger charge is 2.29. The summed E-state index contributed by atoms with van der Waals surface area (Å²) in [6, 6.07) is 0. The molecular weight excluding hydrogens is 204 g/mol. The fourth-order valence-corrected chi connectivity index (χ4v) is 2.20. The number of hydrogen-bond donors (Lipinski definition) is 3. The Morgan fingerprint density at radius 2 is 2.00 bits per heavy atom. The van der Waals surface area contributed by atoms with Crippen molar-refractivity contribution < 1.29 is 15.3 Å². The third kappa shape index (κ3) is 4.64. The molecule has 1 saturated carbocycles. The smallest absolute Gasteiger partial charge is 0.0721 e. The van der Waals surface area contributed by atoms with Gasteiger partial charge in [0, 0.05) is 5.92 Å². The lowest BCUT2D eigenvalue weighted by molar-refractivity contribution is 0.128. The highest BCUT2D eigenvalue weighted by atomic mass is 16.3. The molecule has 0 aromatic carbocycles.